The number of hydrogen-bond donors (Lipinski definition) is 1. The SMILES string of the molecule is N#CCN(CC#N)CCCCCCN. The van der Waals surface area contributed by atoms with Crippen molar-refractivity contribution in [3.05, 3.63) is 0 Å². The van der Waals surface area contributed by atoms with E-state index >= 15 is 0 Å². The highest BCUT2D eigenvalue weighted by molar-refractivity contribution is 4.83. The van der Waals surface area contributed by atoms with Gasteiger partial charge >= 0.3 is 0 Å². The molecule has 0 bridgehead atoms. The first-order chi connectivity index (χ1) is 6.85. The van der Waals surface area contributed by atoms with Gasteiger partial charge in [0.25, 0.3) is 0 Å². The van der Waals surface area contributed by atoms with E-state index in [2.05, 4.69) is 12.1 Å². The molecule has 14 heavy (non-hydrogen) atoms. The third-order valence-corrected chi connectivity index (χ3v) is 2.02. The Kier molecular flexibility index (Phi) is 9.20. The summed E-state index contributed by atoms with van der Waals surface area (Å²) in [7, 11) is 0. The number of unbranched alkanes of at least 4 members (excludes halogenated alkanes) is 3. The maximum atomic E-state index is 8.49. The number of nitrogens with two attached hydrogens (primary N) is 1. The second-order valence-electron chi connectivity index (χ2n) is 3.23. The van der Waals surface area contributed by atoms with E-state index in [4.69, 9.17) is 16.3 Å². The molecule has 2 N–H and O–H groups in total. The van der Waals surface area contributed by atoms with Crippen LogP contribution >= 0.6 is 0 Å². The zero-order valence-corrected chi connectivity index (χ0v) is 8.58. The predicted octanol–water partition coefficient (Wildman–Crippen LogP) is 0.855. The van der Waals surface area contributed by atoms with Crippen molar-refractivity contribution < 1.29 is 0 Å². The summed E-state index contributed by atoms with van der Waals surface area (Å²) in [5, 5.41) is 17.0. The predicted molar refractivity (Wildman–Crippen MR) is 55.2 cm³/mol. The molecule has 0 aromatic carbocycles. The van der Waals surface area contributed by atoms with Gasteiger partial charge in [0.1, 0.15) is 0 Å². The largest absolute Gasteiger partial charge is 0.330 e. The Hall–Kier alpha value is -1.10. The summed E-state index contributed by atoms with van der Waals surface area (Å²) >= 11 is 0. The molecule has 0 aromatic heterocycles. The van der Waals surface area contributed by atoms with E-state index in [-0.39, 0.29) is 0 Å². The van der Waals surface area contributed by atoms with Crippen LogP contribution in [0.4, 0.5) is 0 Å². The lowest BCUT2D eigenvalue weighted by Gasteiger charge is -2.14. The highest BCUT2D eigenvalue weighted by Gasteiger charge is 2.01. The monoisotopic (exact) mass is 194 g/mol. The van der Waals surface area contributed by atoms with Gasteiger partial charge in [-0.15, -0.1) is 0 Å². The summed E-state index contributed by atoms with van der Waals surface area (Å²) < 4.78 is 0. The summed E-state index contributed by atoms with van der Waals surface area (Å²) in [4.78, 5) is 1.86. The van der Waals surface area contributed by atoms with Crippen LogP contribution in [0.3, 0.4) is 0 Å². The fourth-order valence-corrected chi connectivity index (χ4v) is 1.25. The van der Waals surface area contributed by atoms with Crippen LogP contribution in [-0.4, -0.2) is 31.1 Å². The first kappa shape index (κ1) is 12.9. The van der Waals surface area contributed by atoms with E-state index in [1.54, 1.807) is 0 Å². The lowest BCUT2D eigenvalue weighted by molar-refractivity contribution is 0.331. The van der Waals surface area contributed by atoms with E-state index in [0.717, 1.165) is 38.8 Å². The first-order valence-electron chi connectivity index (χ1n) is 5.01. The summed E-state index contributed by atoms with van der Waals surface area (Å²) in [5.41, 5.74) is 5.37. The van der Waals surface area contributed by atoms with Gasteiger partial charge < -0.3 is 5.73 Å². The summed E-state index contributed by atoms with van der Waals surface area (Å²) in [6.45, 7) is 2.29. The molecular weight excluding hydrogens is 176 g/mol. The molecule has 0 radical (unpaired) electrons. The standard InChI is InChI=1S/C10H18N4/c11-5-3-1-2-4-8-14(9-6-12)10-7-13/h1-5,8-11H2. The fourth-order valence-electron chi connectivity index (χ4n) is 1.25. The Balaban J connectivity index is 3.42. The summed E-state index contributed by atoms with van der Waals surface area (Å²) in [6, 6.07) is 4.12. The number of nitriles is 2. The molecule has 4 nitrogen and oxygen atoms in total. The molecule has 0 aliphatic rings. The molecule has 0 fully saturated rings. The van der Waals surface area contributed by atoms with Crippen molar-refractivity contribution >= 4 is 0 Å². The van der Waals surface area contributed by atoms with Crippen molar-refractivity contribution in [2.75, 3.05) is 26.2 Å². The molecule has 78 valence electrons. The van der Waals surface area contributed by atoms with Crippen LogP contribution in [0.25, 0.3) is 0 Å². The maximum Gasteiger partial charge on any atom is 0.0874 e. The van der Waals surface area contributed by atoms with E-state index < -0.39 is 0 Å². The van der Waals surface area contributed by atoms with Gasteiger partial charge in [-0.2, -0.15) is 10.5 Å². The highest BCUT2D eigenvalue weighted by Crippen LogP contribution is 2.00. The van der Waals surface area contributed by atoms with Crippen molar-refractivity contribution in [1.29, 1.82) is 10.5 Å². The Morgan fingerprint density at radius 3 is 2.00 bits per heavy atom. The molecular formula is C10H18N4. The zero-order valence-electron chi connectivity index (χ0n) is 8.58. The van der Waals surface area contributed by atoms with Crippen LogP contribution in [0.2, 0.25) is 0 Å². The Bertz CT molecular complexity index is 185. The van der Waals surface area contributed by atoms with Crippen molar-refractivity contribution in [2.45, 2.75) is 25.7 Å². The summed E-state index contributed by atoms with van der Waals surface area (Å²) in [5.74, 6) is 0. The molecule has 0 saturated carbocycles. The number of hydrogen-bond acceptors (Lipinski definition) is 4. The van der Waals surface area contributed by atoms with Gasteiger partial charge in [-0.3, -0.25) is 4.90 Å². The molecule has 0 amide bonds. The molecule has 0 heterocycles. The lowest BCUT2D eigenvalue weighted by atomic mass is 10.2. The quantitative estimate of drug-likeness (QED) is 0.459. The fraction of sp³-hybridized carbons (Fsp3) is 0.800. The minimum absolute atomic E-state index is 0.352. The van der Waals surface area contributed by atoms with Crippen molar-refractivity contribution in [3.8, 4) is 12.1 Å². The Morgan fingerprint density at radius 1 is 0.929 bits per heavy atom. The minimum atomic E-state index is 0.352. The molecule has 0 rings (SSSR count). The molecule has 0 unspecified atom stereocenters. The average Bonchev–Trinajstić information content (AvgIpc) is 2.18. The lowest BCUT2D eigenvalue weighted by Crippen LogP contribution is -2.25. The Morgan fingerprint density at radius 2 is 1.50 bits per heavy atom. The van der Waals surface area contributed by atoms with Gasteiger partial charge in [-0.1, -0.05) is 12.8 Å². The van der Waals surface area contributed by atoms with Gasteiger partial charge in [0, 0.05) is 6.54 Å². The van der Waals surface area contributed by atoms with E-state index in [9.17, 15) is 0 Å². The van der Waals surface area contributed by atoms with Gasteiger partial charge in [-0.05, 0) is 19.4 Å². The summed E-state index contributed by atoms with van der Waals surface area (Å²) in [6.07, 6.45) is 4.38. The highest BCUT2D eigenvalue weighted by atomic mass is 15.1. The van der Waals surface area contributed by atoms with Crippen LogP contribution in [-0.2, 0) is 0 Å². The van der Waals surface area contributed by atoms with Crippen LogP contribution in [0.1, 0.15) is 25.7 Å². The zero-order chi connectivity index (χ0) is 10.6. The van der Waals surface area contributed by atoms with Gasteiger partial charge in [0.05, 0.1) is 25.2 Å². The number of nitrogens with zero attached hydrogens (tertiary/aromatic N) is 3. The van der Waals surface area contributed by atoms with Crippen LogP contribution in [0.15, 0.2) is 0 Å². The number of rotatable bonds is 8. The minimum Gasteiger partial charge on any atom is -0.330 e. The van der Waals surface area contributed by atoms with Crippen molar-refractivity contribution in [2.24, 2.45) is 5.73 Å². The first-order valence-corrected chi connectivity index (χ1v) is 5.01. The van der Waals surface area contributed by atoms with Crippen molar-refractivity contribution in [3.63, 3.8) is 0 Å². The molecule has 0 saturated heterocycles. The van der Waals surface area contributed by atoms with E-state index in [1.807, 2.05) is 4.90 Å². The van der Waals surface area contributed by atoms with Gasteiger partial charge in [-0.25, -0.2) is 0 Å². The molecule has 0 aliphatic heterocycles. The second kappa shape index (κ2) is 9.98. The Labute approximate surface area is 85.9 Å². The van der Waals surface area contributed by atoms with Crippen LogP contribution in [0.5, 0.6) is 0 Å². The molecule has 0 aliphatic carbocycles. The van der Waals surface area contributed by atoms with E-state index in [1.165, 1.54) is 0 Å². The molecule has 0 atom stereocenters. The molecule has 0 aromatic rings. The van der Waals surface area contributed by atoms with Crippen LogP contribution in [0, 0.1) is 22.7 Å². The third kappa shape index (κ3) is 7.54. The molecule has 0 spiro atoms. The maximum absolute atomic E-state index is 8.49. The third-order valence-electron chi connectivity index (χ3n) is 2.02. The topological polar surface area (TPSA) is 76.8 Å². The van der Waals surface area contributed by atoms with E-state index in [0.29, 0.717) is 13.1 Å². The van der Waals surface area contributed by atoms with Crippen molar-refractivity contribution in [1.82, 2.24) is 4.90 Å². The van der Waals surface area contributed by atoms with Gasteiger partial charge in [0.2, 0.25) is 0 Å². The van der Waals surface area contributed by atoms with Crippen LogP contribution < -0.4 is 5.73 Å². The molecule has 4 heteroatoms. The average molecular weight is 194 g/mol. The van der Waals surface area contributed by atoms with Gasteiger partial charge in [0.15, 0.2) is 0 Å². The second-order valence-corrected chi connectivity index (χ2v) is 3.23. The normalized spacial score (nSPS) is 9.71. The smallest absolute Gasteiger partial charge is 0.0874 e.